The summed E-state index contributed by atoms with van der Waals surface area (Å²) in [4.78, 5) is 11.1. The molecular formula is C12H22O. The molecule has 0 aliphatic heterocycles. The van der Waals surface area contributed by atoms with Crippen molar-refractivity contribution in [3.8, 4) is 0 Å². The van der Waals surface area contributed by atoms with Crippen molar-refractivity contribution >= 4 is 6.29 Å². The third-order valence-corrected chi connectivity index (χ3v) is 3.75. The predicted octanol–water partition coefficient (Wildman–Crippen LogP) is 3.57. The summed E-state index contributed by atoms with van der Waals surface area (Å²) in [5, 5.41) is 0. The van der Waals surface area contributed by atoms with E-state index in [2.05, 4.69) is 13.8 Å². The van der Waals surface area contributed by atoms with Crippen LogP contribution in [-0.2, 0) is 4.79 Å². The summed E-state index contributed by atoms with van der Waals surface area (Å²) in [5.41, 5.74) is -0.0374. The lowest BCUT2D eigenvalue weighted by Gasteiger charge is -2.29. The van der Waals surface area contributed by atoms with Crippen molar-refractivity contribution in [1.82, 2.24) is 0 Å². The standard InChI is InChI=1S/C12H22O/c1-11-8-6-4-3-5-7-9-12(11,2)10-13/h10-11H,3-9H2,1-2H3. The van der Waals surface area contributed by atoms with Crippen molar-refractivity contribution in [3.63, 3.8) is 0 Å². The van der Waals surface area contributed by atoms with Crippen LogP contribution in [0, 0.1) is 11.3 Å². The number of hydrogen-bond donors (Lipinski definition) is 0. The molecule has 0 spiro atoms. The second kappa shape index (κ2) is 4.78. The Balaban J connectivity index is 2.60. The molecule has 0 aromatic rings. The van der Waals surface area contributed by atoms with E-state index in [0.717, 1.165) is 6.42 Å². The first-order chi connectivity index (χ1) is 6.19. The summed E-state index contributed by atoms with van der Waals surface area (Å²) in [6, 6.07) is 0. The van der Waals surface area contributed by atoms with Crippen LogP contribution in [0.3, 0.4) is 0 Å². The second-order valence-corrected chi connectivity index (χ2v) is 4.83. The fourth-order valence-corrected chi connectivity index (χ4v) is 2.24. The van der Waals surface area contributed by atoms with Gasteiger partial charge in [0.1, 0.15) is 6.29 Å². The first kappa shape index (κ1) is 10.7. The Morgan fingerprint density at radius 2 is 1.77 bits per heavy atom. The van der Waals surface area contributed by atoms with Crippen LogP contribution in [0.15, 0.2) is 0 Å². The van der Waals surface area contributed by atoms with Gasteiger partial charge in [-0.3, -0.25) is 0 Å². The Hall–Kier alpha value is -0.330. The lowest BCUT2D eigenvalue weighted by atomic mass is 9.74. The summed E-state index contributed by atoms with van der Waals surface area (Å²) in [6.07, 6.45) is 10.1. The second-order valence-electron chi connectivity index (χ2n) is 4.83. The topological polar surface area (TPSA) is 17.1 Å². The molecule has 1 fully saturated rings. The first-order valence-electron chi connectivity index (χ1n) is 5.65. The molecule has 0 aromatic carbocycles. The van der Waals surface area contributed by atoms with Crippen molar-refractivity contribution in [3.05, 3.63) is 0 Å². The summed E-state index contributed by atoms with van der Waals surface area (Å²) in [6.45, 7) is 4.37. The van der Waals surface area contributed by atoms with Crippen LogP contribution in [-0.4, -0.2) is 6.29 Å². The summed E-state index contributed by atoms with van der Waals surface area (Å²) >= 11 is 0. The van der Waals surface area contributed by atoms with E-state index in [1.54, 1.807) is 0 Å². The molecule has 0 bridgehead atoms. The monoisotopic (exact) mass is 182 g/mol. The Bertz CT molecular complexity index is 165. The highest BCUT2D eigenvalue weighted by Gasteiger charge is 2.30. The largest absolute Gasteiger partial charge is 0.303 e. The third-order valence-electron chi connectivity index (χ3n) is 3.75. The van der Waals surface area contributed by atoms with Crippen molar-refractivity contribution in [2.45, 2.75) is 58.8 Å². The minimum atomic E-state index is -0.0374. The predicted molar refractivity (Wildman–Crippen MR) is 55.7 cm³/mol. The van der Waals surface area contributed by atoms with E-state index in [4.69, 9.17) is 0 Å². The van der Waals surface area contributed by atoms with Gasteiger partial charge in [-0.1, -0.05) is 46.0 Å². The highest BCUT2D eigenvalue weighted by atomic mass is 16.1. The molecule has 0 saturated heterocycles. The lowest BCUT2D eigenvalue weighted by molar-refractivity contribution is -0.118. The number of hydrogen-bond acceptors (Lipinski definition) is 1. The van der Waals surface area contributed by atoms with Crippen LogP contribution in [0.25, 0.3) is 0 Å². The summed E-state index contributed by atoms with van der Waals surface area (Å²) in [7, 11) is 0. The van der Waals surface area contributed by atoms with Crippen LogP contribution in [0.4, 0.5) is 0 Å². The van der Waals surface area contributed by atoms with Crippen LogP contribution in [0.5, 0.6) is 0 Å². The summed E-state index contributed by atoms with van der Waals surface area (Å²) < 4.78 is 0. The number of rotatable bonds is 1. The molecule has 13 heavy (non-hydrogen) atoms. The molecule has 76 valence electrons. The molecule has 0 heterocycles. The highest BCUT2D eigenvalue weighted by molar-refractivity contribution is 5.59. The average Bonchev–Trinajstić information content (AvgIpc) is 2.21. The zero-order valence-electron chi connectivity index (χ0n) is 9.01. The molecule has 1 heteroatoms. The van der Waals surface area contributed by atoms with Crippen molar-refractivity contribution in [2.75, 3.05) is 0 Å². The van der Waals surface area contributed by atoms with Gasteiger partial charge >= 0.3 is 0 Å². The molecule has 1 rings (SSSR count). The SMILES string of the molecule is CC1CCCCCCCC1(C)C=O. The zero-order chi connectivity index (χ0) is 9.73. The molecule has 2 atom stereocenters. The molecule has 0 radical (unpaired) electrons. The fraction of sp³-hybridized carbons (Fsp3) is 0.917. The Morgan fingerprint density at radius 3 is 2.46 bits per heavy atom. The normalized spacial score (nSPS) is 37.2. The smallest absolute Gasteiger partial charge is 0.126 e. The van der Waals surface area contributed by atoms with Gasteiger partial charge in [0.15, 0.2) is 0 Å². The minimum absolute atomic E-state index is 0.0374. The van der Waals surface area contributed by atoms with Gasteiger partial charge < -0.3 is 4.79 Å². The Kier molecular flexibility index (Phi) is 3.95. The Morgan fingerprint density at radius 1 is 1.15 bits per heavy atom. The van der Waals surface area contributed by atoms with Crippen LogP contribution in [0.1, 0.15) is 58.8 Å². The lowest BCUT2D eigenvalue weighted by Crippen LogP contribution is -2.26. The van der Waals surface area contributed by atoms with Crippen molar-refractivity contribution < 1.29 is 4.79 Å². The summed E-state index contributed by atoms with van der Waals surface area (Å²) in [5.74, 6) is 0.572. The first-order valence-corrected chi connectivity index (χ1v) is 5.65. The van der Waals surface area contributed by atoms with Gasteiger partial charge in [-0.05, 0) is 18.8 Å². The third kappa shape index (κ3) is 2.82. The van der Waals surface area contributed by atoms with Crippen molar-refractivity contribution in [2.24, 2.45) is 11.3 Å². The van der Waals surface area contributed by atoms with Gasteiger partial charge in [-0.15, -0.1) is 0 Å². The van der Waals surface area contributed by atoms with Crippen LogP contribution in [0.2, 0.25) is 0 Å². The number of carbonyl (C=O) groups excluding carboxylic acids is 1. The molecule has 1 aliphatic carbocycles. The van der Waals surface area contributed by atoms with E-state index >= 15 is 0 Å². The van der Waals surface area contributed by atoms with Crippen molar-refractivity contribution in [1.29, 1.82) is 0 Å². The van der Waals surface area contributed by atoms with E-state index in [1.165, 1.54) is 44.8 Å². The van der Waals surface area contributed by atoms with Crippen LogP contribution < -0.4 is 0 Å². The molecule has 2 unspecified atom stereocenters. The highest BCUT2D eigenvalue weighted by Crippen LogP contribution is 2.35. The average molecular weight is 182 g/mol. The van der Waals surface area contributed by atoms with Crippen LogP contribution >= 0.6 is 0 Å². The molecule has 0 N–H and O–H groups in total. The van der Waals surface area contributed by atoms with E-state index in [0.29, 0.717) is 5.92 Å². The Labute approximate surface area is 81.9 Å². The zero-order valence-corrected chi connectivity index (χ0v) is 9.01. The van der Waals surface area contributed by atoms with Gasteiger partial charge in [-0.2, -0.15) is 0 Å². The van der Waals surface area contributed by atoms with Gasteiger partial charge in [-0.25, -0.2) is 0 Å². The van der Waals surface area contributed by atoms with Gasteiger partial charge in [0, 0.05) is 5.41 Å². The molecule has 1 aliphatic rings. The fourth-order valence-electron chi connectivity index (χ4n) is 2.24. The molecule has 1 nitrogen and oxygen atoms in total. The van der Waals surface area contributed by atoms with E-state index in [9.17, 15) is 4.79 Å². The van der Waals surface area contributed by atoms with Gasteiger partial charge in [0.05, 0.1) is 0 Å². The molecular weight excluding hydrogens is 160 g/mol. The maximum Gasteiger partial charge on any atom is 0.126 e. The molecule has 0 amide bonds. The maximum atomic E-state index is 11.1. The van der Waals surface area contributed by atoms with Gasteiger partial charge in [0.2, 0.25) is 0 Å². The van der Waals surface area contributed by atoms with E-state index in [-0.39, 0.29) is 5.41 Å². The minimum Gasteiger partial charge on any atom is -0.303 e. The maximum absolute atomic E-state index is 11.1. The molecule has 0 aromatic heterocycles. The quantitative estimate of drug-likeness (QED) is 0.566. The number of carbonyl (C=O) groups is 1. The van der Waals surface area contributed by atoms with E-state index < -0.39 is 0 Å². The van der Waals surface area contributed by atoms with Gasteiger partial charge in [0.25, 0.3) is 0 Å². The number of aldehydes is 1. The van der Waals surface area contributed by atoms with E-state index in [1.807, 2.05) is 0 Å². The molecule has 1 saturated carbocycles.